The van der Waals surface area contributed by atoms with E-state index in [0.717, 1.165) is 23.6 Å². The zero-order chi connectivity index (χ0) is 13.1. The van der Waals surface area contributed by atoms with E-state index in [0.29, 0.717) is 0 Å². The molecule has 0 aliphatic carbocycles. The fourth-order valence-corrected chi connectivity index (χ4v) is 2.86. The van der Waals surface area contributed by atoms with Gasteiger partial charge in [-0.2, -0.15) is 0 Å². The molecule has 19 heavy (non-hydrogen) atoms. The molecule has 1 fully saturated rings. The predicted molar refractivity (Wildman–Crippen MR) is 84.4 cm³/mol. The molecular weight excluding hydrogens is 250 g/mol. The molecule has 3 rings (SSSR count). The summed E-state index contributed by atoms with van der Waals surface area (Å²) in [6.07, 6.45) is 2.53. The number of hydrogen-bond donors (Lipinski definition) is 0. The molecule has 1 nitrogen and oxygen atoms in total. The van der Waals surface area contributed by atoms with Crippen LogP contribution in [0, 0.1) is 0 Å². The van der Waals surface area contributed by atoms with E-state index in [4.69, 9.17) is 12.2 Å². The summed E-state index contributed by atoms with van der Waals surface area (Å²) in [5, 5.41) is 0. The lowest BCUT2D eigenvalue weighted by molar-refractivity contribution is 0.530. The maximum absolute atomic E-state index is 5.57. The molecule has 1 saturated heterocycles. The normalized spacial score (nSPS) is 14.6. The van der Waals surface area contributed by atoms with Crippen LogP contribution in [0.1, 0.15) is 18.4 Å². The summed E-state index contributed by atoms with van der Waals surface area (Å²) in [5.41, 5.74) is 3.66. The molecule has 0 saturated carbocycles. The Morgan fingerprint density at radius 1 is 0.789 bits per heavy atom. The summed E-state index contributed by atoms with van der Waals surface area (Å²) in [6, 6.07) is 19.0. The maximum atomic E-state index is 5.57. The fourth-order valence-electron chi connectivity index (χ4n) is 2.54. The highest BCUT2D eigenvalue weighted by molar-refractivity contribution is 7.80. The first-order valence-electron chi connectivity index (χ1n) is 6.79. The van der Waals surface area contributed by atoms with Gasteiger partial charge < -0.3 is 4.90 Å². The maximum Gasteiger partial charge on any atom is 0.109 e. The first kappa shape index (κ1) is 12.4. The minimum atomic E-state index is 0.997. The predicted octanol–water partition coefficient (Wildman–Crippen LogP) is 4.12. The van der Waals surface area contributed by atoms with Crippen LogP contribution in [0.4, 0.5) is 0 Å². The Bertz CT molecular complexity index is 554. The molecule has 0 amide bonds. The van der Waals surface area contributed by atoms with Crippen molar-refractivity contribution in [3.8, 4) is 11.1 Å². The molecule has 2 heteroatoms. The van der Waals surface area contributed by atoms with E-state index < -0.39 is 0 Å². The van der Waals surface area contributed by atoms with E-state index in [9.17, 15) is 0 Å². The lowest BCUT2D eigenvalue weighted by atomic mass is 10.0. The highest BCUT2D eigenvalue weighted by Gasteiger charge is 2.15. The number of benzene rings is 2. The molecule has 1 aliphatic heterocycles. The summed E-state index contributed by atoms with van der Waals surface area (Å²) in [5.74, 6) is 0. The number of hydrogen-bond acceptors (Lipinski definition) is 1. The monoisotopic (exact) mass is 267 g/mol. The van der Waals surface area contributed by atoms with Crippen molar-refractivity contribution in [2.75, 3.05) is 13.1 Å². The summed E-state index contributed by atoms with van der Waals surface area (Å²) in [7, 11) is 0. The molecule has 0 unspecified atom stereocenters. The molecule has 2 aromatic carbocycles. The van der Waals surface area contributed by atoms with Crippen molar-refractivity contribution < 1.29 is 0 Å². The van der Waals surface area contributed by atoms with Crippen molar-refractivity contribution in [1.82, 2.24) is 4.90 Å². The third kappa shape index (κ3) is 2.69. The quantitative estimate of drug-likeness (QED) is 0.753. The molecule has 1 aliphatic rings. The van der Waals surface area contributed by atoms with Gasteiger partial charge in [0.05, 0.1) is 0 Å². The van der Waals surface area contributed by atoms with E-state index in [-0.39, 0.29) is 0 Å². The van der Waals surface area contributed by atoms with E-state index in [1.807, 2.05) is 6.07 Å². The molecule has 0 atom stereocenters. The van der Waals surface area contributed by atoms with Crippen molar-refractivity contribution in [1.29, 1.82) is 0 Å². The Balaban J connectivity index is 1.81. The van der Waals surface area contributed by atoms with Crippen LogP contribution in [-0.2, 0) is 0 Å². The van der Waals surface area contributed by atoms with Crippen LogP contribution < -0.4 is 0 Å². The first-order valence-corrected chi connectivity index (χ1v) is 7.20. The second kappa shape index (κ2) is 5.54. The van der Waals surface area contributed by atoms with Gasteiger partial charge in [0.25, 0.3) is 0 Å². The van der Waals surface area contributed by atoms with E-state index in [1.54, 1.807) is 0 Å². The second-order valence-electron chi connectivity index (χ2n) is 4.94. The van der Waals surface area contributed by atoms with E-state index >= 15 is 0 Å². The topological polar surface area (TPSA) is 3.24 Å². The zero-order valence-electron chi connectivity index (χ0n) is 10.9. The van der Waals surface area contributed by atoms with Crippen molar-refractivity contribution >= 4 is 17.2 Å². The van der Waals surface area contributed by atoms with E-state index in [1.165, 1.54) is 24.0 Å². The largest absolute Gasteiger partial charge is 0.362 e. The van der Waals surface area contributed by atoms with Gasteiger partial charge in [0.2, 0.25) is 0 Å². The smallest absolute Gasteiger partial charge is 0.109 e. The van der Waals surface area contributed by atoms with Gasteiger partial charge in [-0.25, -0.2) is 0 Å². The van der Waals surface area contributed by atoms with Gasteiger partial charge in [-0.05, 0) is 24.0 Å². The fraction of sp³-hybridized carbons (Fsp3) is 0.235. The average Bonchev–Trinajstić information content (AvgIpc) is 3.02. The third-order valence-corrected chi connectivity index (χ3v) is 4.13. The Morgan fingerprint density at radius 3 is 2.00 bits per heavy atom. The van der Waals surface area contributed by atoms with Crippen molar-refractivity contribution in [2.24, 2.45) is 0 Å². The summed E-state index contributed by atoms with van der Waals surface area (Å²) in [6.45, 7) is 2.22. The van der Waals surface area contributed by atoms with Crippen LogP contribution in [-0.4, -0.2) is 23.0 Å². The van der Waals surface area contributed by atoms with Crippen LogP contribution >= 0.6 is 12.2 Å². The average molecular weight is 267 g/mol. The first-order chi connectivity index (χ1) is 9.34. The summed E-state index contributed by atoms with van der Waals surface area (Å²) < 4.78 is 0. The SMILES string of the molecule is S=C(c1ccc(-c2ccccc2)cc1)N1CCCC1. The van der Waals surface area contributed by atoms with Crippen LogP contribution in [0.25, 0.3) is 11.1 Å². The van der Waals surface area contributed by atoms with Gasteiger partial charge in [-0.15, -0.1) is 0 Å². The van der Waals surface area contributed by atoms with Gasteiger partial charge >= 0.3 is 0 Å². The third-order valence-electron chi connectivity index (χ3n) is 3.63. The Morgan fingerprint density at radius 2 is 1.37 bits per heavy atom. The van der Waals surface area contributed by atoms with Crippen molar-refractivity contribution in [3.63, 3.8) is 0 Å². The molecule has 96 valence electrons. The standard InChI is InChI=1S/C17H17NS/c19-17(18-12-4-5-13-18)16-10-8-15(9-11-16)14-6-2-1-3-7-14/h1-3,6-11H,4-5,12-13H2. The number of thiocarbonyl (C=S) groups is 1. The van der Waals surface area contributed by atoms with Crippen molar-refractivity contribution in [2.45, 2.75) is 12.8 Å². The van der Waals surface area contributed by atoms with Crippen molar-refractivity contribution in [3.05, 3.63) is 60.2 Å². The van der Waals surface area contributed by atoms with Crippen LogP contribution in [0.3, 0.4) is 0 Å². The van der Waals surface area contributed by atoms with Crippen LogP contribution in [0.5, 0.6) is 0 Å². The minimum Gasteiger partial charge on any atom is -0.362 e. The number of nitrogens with zero attached hydrogens (tertiary/aromatic N) is 1. The molecule has 2 aromatic rings. The molecule has 1 heterocycles. The molecule has 0 bridgehead atoms. The van der Waals surface area contributed by atoms with Gasteiger partial charge in [-0.1, -0.05) is 66.8 Å². The molecule has 0 aromatic heterocycles. The van der Waals surface area contributed by atoms with Crippen LogP contribution in [0.15, 0.2) is 54.6 Å². The number of rotatable bonds is 2. The van der Waals surface area contributed by atoms with Gasteiger partial charge in [0, 0.05) is 18.7 Å². The summed E-state index contributed by atoms with van der Waals surface area (Å²) >= 11 is 5.57. The van der Waals surface area contributed by atoms with Gasteiger partial charge in [0.15, 0.2) is 0 Å². The van der Waals surface area contributed by atoms with Gasteiger partial charge in [0.1, 0.15) is 4.99 Å². The highest BCUT2D eigenvalue weighted by Crippen LogP contribution is 2.21. The molecule has 0 N–H and O–H groups in total. The highest BCUT2D eigenvalue weighted by atomic mass is 32.1. The zero-order valence-corrected chi connectivity index (χ0v) is 11.7. The Labute approximate surface area is 119 Å². The lowest BCUT2D eigenvalue weighted by Gasteiger charge is -2.18. The van der Waals surface area contributed by atoms with Gasteiger partial charge in [-0.3, -0.25) is 0 Å². The Hall–Kier alpha value is -1.67. The second-order valence-corrected chi connectivity index (χ2v) is 5.33. The molecule has 0 radical (unpaired) electrons. The molecular formula is C17H17NS. The Kier molecular flexibility index (Phi) is 3.60. The van der Waals surface area contributed by atoms with Crippen LogP contribution in [0.2, 0.25) is 0 Å². The summed E-state index contributed by atoms with van der Waals surface area (Å²) in [4.78, 5) is 3.31. The molecule has 0 spiro atoms. The number of likely N-dealkylation sites (tertiary alicyclic amines) is 1. The minimum absolute atomic E-state index is 0.997. The lowest BCUT2D eigenvalue weighted by Crippen LogP contribution is -2.26. The van der Waals surface area contributed by atoms with E-state index in [2.05, 4.69) is 53.4 Å².